The van der Waals surface area contributed by atoms with Gasteiger partial charge in [0, 0.05) is 0 Å². The molecule has 0 amide bonds. The molecule has 0 aliphatic rings. The summed E-state index contributed by atoms with van der Waals surface area (Å²) in [5.74, 6) is 0. The van der Waals surface area contributed by atoms with Crippen LogP contribution in [-0.2, 0) is 9.27 Å². The van der Waals surface area contributed by atoms with Crippen molar-refractivity contribution < 1.29 is 4.43 Å². The minimum absolute atomic E-state index is 0.0157. The van der Waals surface area contributed by atoms with E-state index in [0.29, 0.717) is 0 Å². The van der Waals surface area contributed by atoms with E-state index in [9.17, 15) is 0 Å². The van der Waals surface area contributed by atoms with Gasteiger partial charge in [-0.2, -0.15) is 0 Å². The molecule has 0 fully saturated rings. The summed E-state index contributed by atoms with van der Waals surface area (Å²) in [5, 5.41) is 0. The van der Waals surface area contributed by atoms with Crippen LogP contribution in [0.1, 0.15) is 11.1 Å². The van der Waals surface area contributed by atoms with E-state index in [0.717, 1.165) is 0 Å². The predicted molar refractivity (Wildman–Crippen MR) is 104 cm³/mol. The van der Waals surface area contributed by atoms with Gasteiger partial charge >= 0.3 is 0 Å². The number of rotatable bonds is 5. The maximum absolute atomic E-state index is 7.04. The highest BCUT2D eigenvalue weighted by Gasteiger charge is 2.56. The topological polar surface area (TPSA) is 9.23 Å². The van der Waals surface area contributed by atoms with E-state index in [1.54, 1.807) is 0 Å². The summed E-state index contributed by atoms with van der Waals surface area (Å²) >= 11 is 0. The molecule has 0 atom stereocenters. The standard InChI is InChI=1S/C17H34OSi3/c1-15-11-13-16(14-12-15)17(19(2,3)4,20(5,6)7)18-21(8,9)10/h11-14H,1-10H3. The Hall–Kier alpha value is -0.169. The van der Waals surface area contributed by atoms with Crippen molar-refractivity contribution in [3.63, 3.8) is 0 Å². The molecule has 1 aromatic carbocycles. The largest absolute Gasteiger partial charge is 0.414 e. The fourth-order valence-electron chi connectivity index (χ4n) is 3.60. The lowest BCUT2D eigenvalue weighted by atomic mass is 10.1. The van der Waals surface area contributed by atoms with Crippen molar-refractivity contribution in [1.29, 1.82) is 0 Å². The molecule has 120 valence electrons. The average Bonchev–Trinajstić information content (AvgIpc) is 2.22. The van der Waals surface area contributed by atoms with Crippen molar-refractivity contribution in [3.8, 4) is 0 Å². The second-order valence-corrected chi connectivity index (χ2v) is 24.6. The number of benzene rings is 1. The molecular weight excluding hydrogens is 304 g/mol. The highest BCUT2D eigenvalue weighted by molar-refractivity contribution is 6.98. The zero-order chi connectivity index (χ0) is 16.7. The zero-order valence-corrected chi connectivity index (χ0v) is 18.7. The summed E-state index contributed by atoms with van der Waals surface area (Å²) in [6, 6.07) is 9.15. The van der Waals surface area contributed by atoms with Gasteiger partial charge in [0.25, 0.3) is 0 Å². The highest BCUT2D eigenvalue weighted by atomic mass is 28.4. The summed E-state index contributed by atoms with van der Waals surface area (Å²) in [7, 11) is -4.77. The Kier molecular flexibility index (Phi) is 5.21. The maximum atomic E-state index is 7.04. The molecule has 0 bridgehead atoms. The van der Waals surface area contributed by atoms with Gasteiger partial charge in [0.05, 0.1) is 21.0 Å². The van der Waals surface area contributed by atoms with Gasteiger partial charge < -0.3 is 4.43 Å². The van der Waals surface area contributed by atoms with Gasteiger partial charge in [0.15, 0.2) is 8.32 Å². The van der Waals surface area contributed by atoms with E-state index in [-0.39, 0.29) is 4.85 Å². The summed E-state index contributed by atoms with van der Waals surface area (Å²) in [6.45, 7) is 24.0. The summed E-state index contributed by atoms with van der Waals surface area (Å²) in [6.07, 6.45) is 0. The van der Waals surface area contributed by atoms with Crippen molar-refractivity contribution in [2.75, 3.05) is 0 Å². The Morgan fingerprint density at radius 3 is 1.38 bits per heavy atom. The van der Waals surface area contributed by atoms with E-state index in [1.807, 2.05) is 0 Å². The third-order valence-corrected chi connectivity index (χ3v) is 14.9. The van der Waals surface area contributed by atoms with Crippen LogP contribution in [0.3, 0.4) is 0 Å². The molecule has 1 aromatic rings. The Balaban J connectivity index is 3.63. The zero-order valence-electron chi connectivity index (χ0n) is 15.7. The first-order valence-corrected chi connectivity index (χ1v) is 18.4. The molecule has 0 saturated carbocycles. The molecule has 0 aliphatic heterocycles. The molecule has 0 aromatic heterocycles. The predicted octanol–water partition coefficient (Wildman–Crippen LogP) is 5.80. The van der Waals surface area contributed by atoms with Gasteiger partial charge in [-0.1, -0.05) is 69.1 Å². The summed E-state index contributed by atoms with van der Waals surface area (Å²) in [4.78, 5) is -0.0157. The van der Waals surface area contributed by atoms with Crippen LogP contribution >= 0.6 is 0 Å². The van der Waals surface area contributed by atoms with Crippen LogP contribution in [0.4, 0.5) is 0 Å². The highest BCUT2D eigenvalue weighted by Crippen LogP contribution is 2.45. The minimum atomic E-state index is -1.64. The third kappa shape index (κ3) is 3.97. The van der Waals surface area contributed by atoms with Crippen molar-refractivity contribution in [3.05, 3.63) is 35.4 Å². The molecular formula is C17H34OSi3. The maximum Gasteiger partial charge on any atom is 0.184 e. The molecule has 0 radical (unpaired) electrons. The number of hydrogen-bond acceptors (Lipinski definition) is 1. The van der Waals surface area contributed by atoms with Gasteiger partial charge in [-0.3, -0.25) is 0 Å². The van der Waals surface area contributed by atoms with Gasteiger partial charge in [-0.25, -0.2) is 0 Å². The first-order valence-electron chi connectivity index (χ1n) is 7.98. The number of hydrogen-bond donors (Lipinski definition) is 0. The van der Waals surface area contributed by atoms with E-state index in [2.05, 4.69) is 90.1 Å². The van der Waals surface area contributed by atoms with Crippen LogP contribution < -0.4 is 0 Å². The molecule has 0 N–H and O–H groups in total. The second kappa shape index (κ2) is 5.80. The van der Waals surface area contributed by atoms with Crippen LogP contribution in [0.15, 0.2) is 24.3 Å². The third-order valence-electron chi connectivity index (χ3n) is 4.03. The van der Waals surface area contributed by atoms with Crippen molar-refractivity contribution in [2.45, 2.75) is 70.7 Å². The smallest absolute Gasteiger partial charge is 0.184 e. The van der Waals surface area contributed by atoms with Gasteiger partial charge in [-0.15, -0.1) is 0 Å². The van der Waals surface area contributed by atoms with E-state index in [4.69, 9.17) is 4.43 Å². The lowest BCUT2D eigenvalue weighted by Crippen LogP contribution is -2.67. The minimum Gasteiger partial charge on any atom is -0.414 e. The Labute approximate surface area is 135 Å². The molecule has 4 heteroatoms. The molecule has 21 heavy (non-hydrogen) atoms. The van der Waals surface area contributed by atoms with Crippen LogP contribution in [0.2, 0.25) is 58.9 Å². The first-order chi connectivity index (χ1) is 9.21. The molecule has 1 nitrogen and oxygen atoms in total. The molecule has 0 unspecified atom stereocenters. The molecule has 1 rings (SSSR count). The molecule has 0 heterocycles. The van der Waals surface area contributed by atoms with Crippen LogP contribution in [0, 0.1) is 6.92 Å². The fraction of sp³-hybridized carbons (Fsp3) is 0.647. The Morgan fingerprint density at radius 2 is 1.10 bits per heavy atom. The lowest BCUT2D eigenvalue weighted by Gasteiger charge is -2.55. The Bertz CT molecular complexity index is 459. The molecule has 0 saturated heterocycles. The van der Waals surface area contributed by atoms with Crippen molar-refractivity contribution in [2.24, 2.45) is 0 Å². The van der Waals surface area contributed by atoms with Crippen LogP contribution in [-0.4, -0.2) is 24.5 Å². The van der Waals surface area contributed by atoms with Crippen molar-refractivity contribution in [1.82, 2.24) is 0 Å². The summed E-state index contributed by atoms with van der Waals surface area (Å²) in [5.41, 5.74) is 2.75. The van der Waals surface area contributed by atoms with E-state index in [1.165, 1.54) is 11.1 Å². The fourth-order valence-corrected chi connectivity index (χ4v) is 20.0. The molecule has 0 aliphatic carbocycles. The second-order valence-electron chi connectivity index (χ2n) is 9.26. The van der Waals surface area contributed by atoms with Gasteiger partial charge in [-0.05, 0) is 32.1 Å². The monoisotopic (exact) mass is 338 g/mol. The first kappa shape index (κ1) is 18.9. The van der Waals surface area contributed by atoms with Gasteiger partial charge in [0.1, 0.15) is 0 Å². The summed E-state index contributed by atoms with van der Waals surface area (Å²) < 4.78 is 7.04. The van der Waals surface area contributed by atoms with E-state index < -0.39 is 24.5 Å². The van der Waals surface area contributed by atoms with Crippen LogP contribution in [0.25, 0.3) is 0 Å². The van der Waals surface area contributed by atoms with Gasteiger partial charge in [0.2, 0.25) is 0 Å². The SMILES string of the molecule is Cc1ccc(C(O[Si](C)(C)C)([Si](C)(C)C)[Si](C)(C)C)cc1. The van der Waals surface area contributed by atoms with E-state index >= 15 is 0 Å². The van der Waals surface area contributed by atoms with Crippen LogP contribution in [0.5, 0.6) is 0 Å². The van der Waals surface area contributed by atoms with Crippen molar-refractivity contribution >= 4 is 24.5 Å². The Morgan fingerprint density at radius 1 is 0.714 bits per heavy atom. The number of aryl methyl sites for hydroxylation is 1. The quantitative estimate of drug-likeness (QED) is 0.617. The lowest BCUT2D eigenvalue weighted by molar-refractivity contribution is 0.211. The normalized spacial score (nSPS) is 14.4. The molecule has 0 spiro atoms. The average molecular weight is 339 g/mol.